The number of hydrogen-bond acceptors (Lipinski definition) is 5. The van der Waals surface area contributed by atoms with Crippen molar-refractivity contribution < 1.29 is 14.0 Å². The molecule has 0 atom stereocenters. The van der Waals surface area contributed by atoms with Crippen molar-refractivity contribution in [2.45, 2.75) is 25.4 Å². The van der Waals surface area contributed by atoms with Crippen LogP contribution in [0.15, 0.2) is 33.2 Å². The summed E-state index contributed by atoms with van der Waals surface area (Å²) in [5, 5.41) is 7.93. The highest BCUT2D eigenvalue weighted by atomic mass is 79.9. The van der Waals surface area contributed by atoms with Crippen LogP contribution in [-0.4, -0.2) is 44.5 Å². The number of benzene rings is 1. The maximum atomic E-state index is 12.3. The first-order valence-corrected chi connectivity index (χ1v) is 8.10. The van der Waals surface area contributed by atoms with E-state index in [0.717, 1.165) is 22.9 Å². The minimum Gasteiger partial charge on any atom is -0.419 e. The highest BCUT2D eigenvalue weighted by Crippen LogP contribution is 2.31. The van der Waals surface area contributed by atoms with E-state index in [-0.39, 0.29) is 37.0 Å². The molecule has 2 aromatic rings. The summed E-state index contributed by atoms with van der Waals surface area (Å²) < 4.78 is 6.49. The fourth-order valence-electron chi connectivity index (χ4n) is 2.58. The van der Waals surface area contributed by atoms with Crippen LogP contribution in [0.4, 0.5) is 4.79 Å². The van der Waals surface area contributed by atoms with E-state index in [9.17, 15) is 9.59 Å². The maximum absolute atomic E-state index is 12.3. The molecule has 2 fully saturated rings. The quantitative estimate of drug-likeness (QED) is 0.765. The van der Waals surface area contributed by atoms with Gasteiger partial charge in [0.15, 0.2) is 0 Å². The smallest absolute Gasteiger partial charge is 0.327 e. The van der Waals surface area contributed by atoms with Gasteiger partial charge in [0.2, 0.25) is 11.8 Å². The standard InChI is InChI=1S/C15H13BrN4O3/c16-10-3-1-2-9(6-10)14-18-17-12(23-14)7-20-13(21)8-19(15(20)22)11-4-5-11/h1-3,6,11H,4-5,7-8H2. The lowest BCUT2D eigenvalue weighted by molar-refractivity contribution is -0.126. The predicted molar refractivity (Wildman–Crippen MR) is 83.1 cm³/mol. The summed E-state index contributed by atoms with van der Waals surface area (Å²) in [5.41, 5.74) is 0.775. The lowest BCUT2D eigenvalue weighted by Crippen LogP contribution is -2.33. The largest absolute Gasteiger partial charge is 0.419 e. The molecule has 4 rings (SSSR count). The van der Waals surface area contributed by atoms with E-state index in [1.165, 1.54) is 4.90 Å². The van der Waals surface area contributed by atoms with Gasteiger partial charge in [0, 0.05) is 16.1 Å². The van der Waals surface area contributed by atoms with E-state index >= 15 is 0 Å². The summed E-state index contributed by atoms with van der Waals surface area (Å²) >= 11 is 3.39. The van der Waals surface area contributed by atoms with Crippen molar-refractivity contribution in [2.75, 3.05) is 6.54 Å². The van der Waals surface area contributed by atoms with Gasteiger partial charge in [0.05, 0.1) is 0 Å². The first-order chi connectivity index (χ1) is 11.1. The lowest BCUT2D eigenvalue weighted by Gasteiger charge is -2.14. The van der Waals surface area contributed by atoms with Gasteiger partial charge in [-0.05, 0) is 31.0 Å². The first kappa shape index (κ1) is 14.4. The molecule has 23 heavy (non-hydrogen) atoms. The summed E-state index contributed by atoms with van der Waals surface area (Å²) in [4.78, 5) is 27.1. The molecule has 7 nitrogen and oxygen atoms in total. The van der Waals surface area contributed by atoms with Crippen LogP contribution in [0.2, 0.25) is 0 Å². The molecule has 1 saturated carbocycles. The molecule has 0 N–H and O–H groups in total. The Balaban J connectivity index is 1.51. The fourth-order valence-corrected chi connectivity index (χ4v) is 2.98. The average Bonchev–Trinajstić information content (AvgIpc) is 3.20. The third-order valence-electron chi connectivity index (χ3n) is 3.90. The van der Waals surface area contributed by atoms with Gasteiger partial charge in [-0.25, -0.2) is 4.79 Å². The molecule has 0 radical (unpaired) electrons. The zero-order valence-corrected chi connectivity index (χ0v) is 13.7. The molecule has 1 aromatic heterocycles. The van der Waals surface area contributed by atoms with Gasteiger partial charge >= 0.3 is 6.03 Å². The fraction of sp³-hybridized carbons (Fsp3) is 0.333. The average molecular weight is 377 g/mol. The number of carbonyl (C=O) groups excluding carboxylic acids is 2. The number of halogens is 1. The summed E-state index contributed by atoms with van der Waals surface area (Å²) in [6.07, 6.45) is 1.95. The molecule has 8 heteroatoms. The third kappa shape index (κ3) is 2.74. The molecule has 1 aliphatic carbocycles. The monoisotopic (exact) mass is 376 g/mol. The van der Waals surface area contributed by atoms with E-state index in [4.69, 9.17) is 4.42 Å². The normalized spacial score (nSPS) is 18.1. The van der Waals surface area contributed by atoms with Crippen LogP contribution in [0.25, 0.3) is 11.5 Å². The predicted octanol–water partition coefficient (Wildman–Crippen LogP) is 2.43. The van der Waals surface area contributed by atoms with Crippen LogP contribution in [0.5, 0.6) is 0 Å². The third-order valence-corrected chi connectivity index (χ3v) is 4.40. The molecule has 2 heterocycles. The Morgan fingerprint density at radius 2 is 2.09 bits per heavy atom. The topological polar surface area (TPSA) is 79.5 Å². The number of aromatic nitrogens is 2. The maximum Gasteiger partial charge on any atom is 0.327 e. The number of carbonyl (C=O) groups is 2. The van der Waals surface area contributed by atoms with Crippen molar-refractivity contribution in [1.29, 1.82) is 0 Å². The van der Waals surface area contributed by atoms with Crippen LogP contribution >= 0.6 is 15.9 Å². The Hall–Kier alpha value is -2.22. The molecular weight excluding hydrogens is 364 g/mol. The molecule has 118 valence electrons. The second-order valence-corrected chi connectivity index (χ2v) is 6.55. The number of rotatable bonds is 4. The molecule has 1 saturated heterocycles. The summed E-state index contributed by atoms with van der Waals surface area (Å²) in [5.74, 6) is 0.392. The Morgan fingerprint density at radius 1 is 1.26 bits per heavy atom. The molecule has 1 aromatic carbocycles. The van der Waals surface area contributed by atoms with Gasteiger partial charge in [0.1, 0.15) is 13.1 Å². The van der Waals surface area contributed by atoms with Crippen LogP contribution in [-0.2, 0) is 11.3 Å². The van der Waals surface area contributed by atoms with E-state index in [1.54, 1.807) is 4.90 Å². The van der Waals surface area contributed by atoms with Crippen LogP contribution in [0.1, 0.15) is 18.7 Å². The highest BCUT2D eigenvalue weighted by Gasteiger charge is 2.44. The highest BCUT2D eigenvalue weighted by molar-refractivity contribution is 9.10. The molecule has 2 aliphatic rings. The molecule has 1 aliphatic heterocycles. The molecule has 3 amide bonds. The number of hydrogen-bond donors (Lipinski definition) is 0. The number of imide groups is 1. The zero-order valence-electron chi connectivity index (χ0n) is 12.1. The molecule has 0 spiro atoms. The van der Waals surface area contributed by atoms with Crippen molar-refractivity contribution >= 4 is 27.9 Å². The van der Waals surface area contributed by atoms with Crippen LogP contribution < -0.4 is 0 Å². The van der Waals surface area contributed by atoms with Gasteiger partial charge in [0.25, 0.3) is 5.91 Å². The summed E-state index contributed by atoms with van der Waals surface area (Å²) in [6.45, 7) is 0.165. The minimum atomic E-state index is -0.264. The van der Waals surface area contributed by atoms with Crippen molar-refractivity contribution in [2.24, 2.45) is 0 Å². The van der Waals surface area contributed by atoms with Crippen molar-refractivity contribution in [3.8, 4) is 11.5 Å². The van der Waals surface area contributed by atoms with Gasteiger partial charge in [-0.2, -0.15) is 0 Å². The SMILES string of the molecule is O=C1CN(C2CC2)C(=O)N1Cc1nnc(-c2cccc(Br)c2)o1. The second-order valence-electron chi connectivity index (χ2n) is 5.63. The van der Waals surface area contributed by atoms with Crippen molar-refractivity contribution in [3.05, 3.63) is 34.6 Å². The van der Waals surface area contributed by atoms with Gasteiger partial charge in [-0.15, -0.1) is 10.2 Å². The molecule has 0 unspecified atom stereocenters. The van der Waals surface area contributed by atoms with Crippen LogP contribution in [0.3, 0.4) is 0 Å². The van der Waals surface area contributed by atoms with Crippen LogP contribution in [0, 0.1) is 0 Å². The van der Waals surface area contributed by atoms with Crippen molar-refractivity contribution in [1.82, 2.24) is 20.0 Å². The summed E-state index contributed by atoms with van der Waals surface area (Å²) in [7, 11) is 0. The van der Waals surface area contributed by atoms with Gasteiger partial charge < -0.3 is 9.32 Å². The van der Waals surface area contributed by atoms with E-state index < -0.39 is 0 Å². The number of urea groups is 1. The summed E-state index contributed by atoms with van der Waals surface area (Å²) in [6, 6.07) is 7.43. The zero-order chi connectivity index (χ0) is 16.0. The van der Waals surface area contributed by atoms with E-state index in [1.807, 2.05) is 24.3 Å². The Kier molecular flexibility index (Phi) is 3.41. The van der Waals surface area contributed by atoms with Crippen molar-refractivity contribution in [3.63, 3.8) is 0 Å². The molecule has 0 bridgehead atoms. The number of nitrogens with zero attached hydrogens (tertiary/aromatic N) is 4. The Bertz CT molecular complexity index is 787. The molecular formula is C15H13BrN4O3. The van der Waals surface area contributed by atoms with E-state index in [0.29, 0.717) is 5.89 Å². The Labute approximate surface area is 140 Å². The van der Waals surface area contributed by atoms with Gasteiger partial charge in [-0.1, -0.05) is 22.0 Å². The van der Waals surface area contributed by atoms with E-state index in [2.05, 4.69) is 26.1 Å². The second kappa shape index (κ2) is 5.45. The minimum absolute atomic E-state index is 0.0158. The first-order valence-electron chi connectivity index (χ1n) is 7.31. The lowest BCUT2D eigenvalue weighted by atomic mass is 10.2. The Morgan fingerprint density at radius 3 is 2.83 bits per heavy atom. The number of amides is 3. The van der Waals surface area contributed by atoms with Gasteiger partial charge in [-0.3, -0.25) is 9.69 Å².